The fourth-order valence-electron chi connectivity index (χ4n) is 1.97. The lowest BCUT2D eigenvalue weighted by Gasteiger charge is -2.21. The third-order valence-corrected chi connectivity index (χ3v) is 3.13. The highest BCUT2D eigenvalue weighted by Gasteiger charge is 2.23. The lowest BCUT2D eigenvalue weighted by molar-refractivity contribution is -0.131. The molecular weight excluding hydrogens is 275 g/mol. The molecule has 6 heteroatoms. The predicted molar refractivity (Wildman–Crippen MR) is 77.5 cm³/mol. The number of likely N-dealkylation sites (N-methyl/N-ethyl adjacent to an activating group) is 1. The van der Waals surface area contributed by atoms with E-state index >= 15 is 0 Å². The van der Waals surface area contributed by atoms with Gasteiger partial charge in [0.05, 0.1) is 6.54 Å². The number of halogens is 1. The number of hydrogen-bond donors (Lipinski definition) is 2. The van der Waals surface area contributed by atoms with Gasteiger partial charge in [0.25, 0.3) is 0 Å². The van der Waals surface area contributed by atoms with Gasteiger partial charge in [0, 0.05) is 30.4 Å². The Morgan fingerprint density at radius 3 is 2.81 bits per heavy atom. The first-order valence-corrected chi connectivity index (χ1v) is 6.67. The van der Waals surface area contributed by atoms with Crippen LogP contribution in [0.25, 0.3) is 6.08 Å². The minimum absolute atomic E-state index is 0.0995. The van der Waals surface area contributed by atoms with Crippen molar-refractivity contribution < 1.29 is 19.1 Å². The topological polar surface area (TPSA) is 69.6 Å². The third kappa shape index (κ3) is 4.59. The average molecular weight is 292 g/mol. The summed E-state index contributed by atoms with van der Waals surface area (Å²) in [5.41, 5.74) is 1.01. The van der Waals surface area contributed by atoms with E-state index in [0.717, 1.165) is 18.9 Å². The zero-order valence-corrected chi connectivity index (χ0v) is 11.7. The molecule has 1 aliphatic carbocycles. The molecule has 1 amide bonds. The fraction of sp³-hybridized carbons (Fsp3) is 0.333. The normalized spacial score (nSPS) is 14.2. The van der Waals surface area contributed by atoms with Gasteiger partial charge in [-0.05, 0) is 37.1 Å². The van der Waals surface area contributed by atoms with Crippen molar-refractivity contribution in [3.63, 3.8) is 0 Å². The zero-order valence-electron chi connectivity index (χ0n) is 11.7. The summed E-state index contributed by atoms with van der Waals surface area (Å²) in [7, 11) is 1.71. The second-order valence-corrected chi connectivity index (χ2v) is 5.07. The van der Waals surface area contributed by atoms with Gasteiger partial charge >= 0.3 is 5.97 Å². The number of amides is 1. The number of carbonyl (C=O) groups excluding carboxylic acids is 1. The van der Waals surface area contributed by atoms with Crippen LogP contribution in [0.3, 0.4) is 0 Å². The van der Waals surface area contributed by atoms with Crippen molar-refractivity contribution in [3.05, 3.63) is 35.7 Å². The molecular formula is C15H17FN2O3. The van der Waals surface area contributed by atoms with E-state index in [1.807, 2.05) is 0 Å². The zero-order chi connectivity index (χ0) is 15.4. The van der Waals surface area contributed by atoms with Crippen LogP contribution in [-0.4, -0.2) is 36.6 Å². The molecule has 1 aliphatic rings. The van der Waals surface area contributed by atoms with Crippen LogP contribution in [-0.2, 0) is 9.59 Å². The molecule has 0 heterocycles. The monoisotopic (exact) mass is 292 g/mol. The minimum atomic E-state index is -1.11. The van der Waals surface area contributed by atoms with E-state index in [0.29, 0.717) is 11.3 Å². The molecule has 1 aromatic carbocycles. The van der Waals surface area contributed by atoms with Gasteiger partial charge in [-0.2, -0.15) is 0 Å². The van der Waals surface area contributed by atoms with Crippen molar-refractivity contribution in [1.29, 1.82) is 0 Å². The van der Waals surface area contributed by atoms with Crippen molar-refractivity contribution in [2.24, 2.45) is 0 Å². The SMILES string of the molecule is CN(CC(=O)NC1CC1)c1ccc(F)cc1C=CC(=O)O. The molecule has 1 fully saturated rings. The highest BCUT2D eigenvalue weighted by Crippen LogP contribution is 2.23. The lowest BCUT2D eigenvalue weighted by atomic mass is 10.1. The van der Waals surface area contributed by atoms with E-state index in [9.17, 15) is 14.0 Å². The maximum Gasteiger partial charge on any atom is 0.328 e. The lowest BCUT2D eigenvalue weighted by Crippen LogP contribution is -2.36. The predicted octanol–water partition coefficient (Wildman–Crippen LogP) is 1.64. The molecule has 0 aliphatic heterocycles. The summed E-state index contributed by atoms with van der Waals surface area (Å²) in [6.07, 6.45) is 4.28. The Kier molecular flexibility index (Phi) is 4.57. The Hall–Kier alpha value is -2.37. The molecule has 1 aromatic rings. The van der Waals surface area contributed by atoms with Crippen LogP contribution in [0.1, 0.15) is 18.4 Å². The molecule has 0 saturated heterocycles. The molecule has 0 unspecified atom stereocenters. The van der Waals surface area contributed by atoms with E-state index < -0.39 is 11.8 Å². The summed E-state index contributed by atoms with van der Waals surface area (Å²) in [6, 6.07) is 4.33. The first kappa shape index (κ1) is 15.0. The van der Waals surface area contributed by atoms with E-state index in [2.05, 4.69) is 5.32 Å². The van der Waals surface area contributed by atoms with Gasteiger partial charge in [0.15, 0.2) is 0 Å². The Balaban J connectivity index is 2.12. The molecule has 0 bridgehead atoms. The van der Waals surface area contributed by atoms with E-state index in [1.165, 1.54) is 24.3 Å². The first-order valence-electron chi connectivity index (χ1n) is 6.67. The quantitative estimate of drug-likeness (QED) is 0.782. The Morgan fingerprint density at radius 2 is 2.19 bits per heavy atom. The number of benzene rings is 1. The van der Waals surface area contributed by atoms with Gasteiger partial charge in [-0.15, -0.1) is 0 Å². The van der Waals surface area contributed by atoms with Crippen LogP contribution in [0.15, 0.2) is 24.3 Å². The van der Waals surface area contributed by atoms with Gasteiger partial charge in [-0.3, -0.25) is 4.79 Å². The van der Waals surface area contributed by atoms with Crippen LogP contribution in [0.2, 0.25) is 0 Å². The van der Waals surface area contributed by atoms with Gasteiger partial charge in [-0.25, -0.2) is 9.18 Å². The van der Waals surface area contributed by atoms with Crippen molar-refractivity contribution in [2.45, 2.75) is 18.9 Å². The largest absolute Gasteiger partial charge is 0.478 e. The summed E-state index contributed by atoms with van der Waals surface area (Å²) < 4.78 is 13.3. The number of nitrogens with zero attached hydrogens (tertiary/aromatic N) is 1. The molecule has 2 N–H and O–H groups in total. The van der Waals surface area contributed by atoms with E-state index in [4.69, 9.17) is 5.11 Å². The van der Waals surface area contributed by atoms with Gasteiger partial charge < -0.3 is 15.3 Å². The second-order valence-electron chi connectivity index (χ2n) is 5.07. The van der Waals surface area contributed by atoms with Crippen LogP contribution in [0.4, 0.5) is 10.1 Å². The maximum atomic E-state index is 13.3. The molecule has 0 spiro atoms. The number of carboxylic acid groups (broad SMARTS) is 1. The second kappa shape index (κ2) is 6.39. The molecule has 5 nitrogen and oxygen atoms in total. The van der Waals surface area contributed by atoms with Gasteiger partial charge in [0.1, 0.15) is 5.82 Å². The van der Waals surface area contributed by atoms with Crippen LogP contribution >= 0.6 is 0 Å². The number of aliphatic carboxylic acids is 1. The molecule has 21 heavy (non-hydrogen) atoms. The van der Waals surface area contributed by atoms with Crippen molar-refractivity contribution in [3.8, 4) is 0 Å². The molecule has 0 aromatic heterocycles. The highest BCUT2D eigenvalue weighted by atomic mass is 19.1. The van der Waals surface area contributed by atoms with Crippen LogP contribution in [0.5, 0.6) is 0 Å². The molecule has 2 rings (SSSR count). The number of hydrogen-bond acceptors (Lipinski definition) is 3. The van der Waals surface area contributed by atoms with Gasteiger partial charge in [-0.1, -0.05) is 0 Å². The summed E-state index contributed by atoms with van der Waals surface area (Å²) in [6.45, 7) is 0.135. The van der Waals surface area contributed by atoms with Crippen LogP contribution < -0.4 is 10.2 Å². The van der Waals surface area contributed by atoms with Crippen molar-refractivity contribution in [1.82, 2.24) is 5.32 Å². The van der Waals surface area contributed by atoms with E-state index in [1.54, 1.807) is 11.9 Å². The van der Waals surface area contributed by atoms with Crippen molar-refractivity contribution in [2.75, 3.05) is 18.5 Å². The summed E-state index contributed by atoms with van der Waals surface area (Å²) >= 11 is 0. The first-order chi connectivity index (χ1) is 9.95. The van der Waals surface area contributed by atoms with E-state index in [-0.39, 0.29) is 18.5 Å². The van der Waals surface area contributed by atoms with Gasteiger partial charge in [0.2, 0.25) is 5.91 Å². The summed E-state index contributed by atoms with van der Waals surface area (Å²) in [5.74, 6) is -1.67. The molecule has 1 saturated carbocycles. The smallest absolute Gasteiger partial charge is 0.328 e. The maximum absolute atomic E-state index is 13.3. The van der Waals surface area contributed by atoms with Crippen LogP contribution in [0, 0.1) is 5.82 Å². The van der Waals surface area contributed by atoms with Crippen molar-refractivity contribution >= 4 is 23.6 Å². The fourth-order valence-corrected chi connectivity index (χ4v) is 1.97. The number of carboxylic acids is 1. The third-order valence-electron chi connectivity index (χ3n) is 3.13. The number of rotatable bonds is 6. The minimum Gasteiger partial charge on any atom is -0.478 e. The summed E-state index contributed by atoms with van der Waals surface area (Å²) in [5, 5.41) is 11.5. The Morgan fingerprint density at radius 1 is 1.48 bits per heavy atom. The molecule has 0 radical (unpaired) electrons. The standard InChI is InChI=1S/C15H17FN2O3/c1-18(9-14(19)17-12-4-5-12)13-6-3-11(16)8-10(13)2-7-15(20)21/h2-3,6-8,12H,4-5,9H2,1H3,(H,17,19)(H,20,21). The molecule has 112 valence electrons. The Labute approximate surface area is 122 Å². The molecule has 0 atom stereocenters. The average Bonchev–Trinajstić information content (AvgIpc) is 3.19. The number of carbonyl (C=O) groups is 2. The highest BCUT2D eigenvalue weighted by molar-refractivity contribution is 5.88. The summed E-state index contributed by atoms with van der Waals surface area (Å²) in [4.78, 5) is 24.0. The number of nitrogens with one attached hydrogen (secondary N) is 1. The Bertz CT molecular complexity index is 582. The number of anilines is 1.